The second-order valence-corrected chi connectivity index (χ2v) is 6.88. The Morgan fingerprint density at radius 3 is 2.44 bits per heavy atom. The maximum absolute atomic E-state index is 10.3. The van der Waals surface area contributed by atoms with Crippen LogP contribution in [0.25, 0.3) is 0 Å². The highest BCUT2D eigenvalue weighted by atomic mass is 35.5. The summed E-state index contributed by atoms with van der Waals surface area (Å²) in [5.41, 5.74) is 2.62. The van der Waals surface area contributed by atoms with Gasteiger partial charge >= 0.3 is 0 Å². The molecular weight excluding hydrogens is 336 g/mol. The van der Waals surface area contributed by atoms with Gasteiger partial charge in [0.2, 0.25) is 0 Å². The van der Waals surface area contributed by atoms with Gasteiger partial charge in [-0.15, -0.1) is 0 Å². The molecule has 1 aliphatic rings. The first-order valence-electron chi connectivity index (χ1n) is 8.72. The standard InChI is InChI=1S/C20H25ClN2O2/c1-16-6-2-4-8-19(16)23-12-10-22(11-13-23)14-17(24)15-25-20-9-5-3-7-18(20)21/h2-9,17,24H,10-15H2,1H3. The van der Waals surface area contributed by atoms with Crippen LogP contribution in [-0.4, -0.2) is 55.4 Å². The molecule has 0 aromatic heterocycles. The predicted octanol–water partition coefficient (Wildman–Crippen LogP) is 3.21. The van der Waals surface area contributed by atoms with E-state index in [2.05, 4.69) is 41.0 Å². The van der Waals surface area contributed by atoms with Gasteiger partial charge in [0.1, 0.15) is 18.5 Å². The number of rotatable bonds is 6. The molecule has 1 N–H and O–H groups in total. The van der Waals surface area contributed by atoms with E-state index in [0.717, 1.165) is 26.2 Å². The SMILES string of the molecule is Cc1ccccc1N1CCN(CC(O)COc2ccccc2Cl)CC1. The lowest BCUT2D eigenvalue weighted by atomic mass is 10.1. The smallest absolute Gasteiger partial charge is 0.138 e. The van der Waals surface area contributed by atoms with Crippen molar-refractivity contribution in [2.75, 3.05) is 44.2 Å². The Balaban J connectivity index is 1.44. The molecule has 1 heterocycles. The number of halogens is 1. The fraction of sp³-hybridized carbons (Fsp3) is 0.400. The lowest BCUT2D eigenvalue weighted by Gasteiger charge is -2.37. The molecule has 0 radical (unpaired) electrons. The molecule has 2 aromatic rings. The third-order valence-corrected chi connectivity index (χ3v) is 4.88. The van der Waals surface area contributed by atoms with E-state index < -0.39 is 6.10 Å². The van der Waals surface area contributed by atoms with E-state index in [0.29, 0.717) is 17.3 Å². The van der Waals surface area contributed by atoms with Gasteiger partial charge in [-0.3, -0.25) is 4.90 Å². The predicted molar refractivity (Wildman–Crippen MR) is 103 cm³/mol. The molecule has 25 heavy (non-hydrogen) atoms. The Morgan fingerprint density at radius 2 is 1.72 bits per heavy atom. The molecule has 1 aliphatic heterocycles. The number of aryl methyl sites for hydroxylation is 1. The Labute approximate surface area is 154 Å². The molecule has 0 spiro atoms. The molecule has 134 valence electrons. The Hall–Kier alpha value is -1.75. The van der Waals surface area contributed by atoms with E-state index in [1.807, 2.05) is 18.2 Å². The third kappa shape index (κ3) is 4.88. The topological polar surface area (TPSA) is 35.9 Å². The van der Waals surface area contributed by atoms with Crippen molar-refractivity contribution in [3.8, 4) is 5.75 Å². The normalized spacial score (nSPS) is 16.7. The van der Waals surface area contributed by atoms with Gasteiger partial charge in [-0.1, -0.05) is 41.9 Å². The highest BCUT2D eigenvalue weighted by Gasteiger charge is 2.20. The minimum Gasteiger partial charge on any atom is -0.489 e. The average Bonchev–Trinajstić information content (AvgIpc) is 2.62. The number of ether oxygens (including phenoxy) is 1. The molecule has 0 saturated carbocycles. The number of aliphatic hydroxyl groups excluding tert-OH is 1. The van der Waals surface area contributed by atoms with E-state index in [-0.39, 0.29) is 6.61 Å². The number of aliphatic hydroxyl groups is 1. The van der Waals surface area contributed by atoms with Crippen molar-refractivity contribution in [2.24, 2.45) is 0 Å². The number of anilines is 1. The quantitative estimate of drug-likeness (QED) is 0.858. The third-order valence-electron chi connectivity index (χ3n) is 4.57. The van der Waals surface area contributed by atoms with Crippen LogP contribution in [0.5, 0.6) is 5.75 Å². The minimum atomic E-state index is -0.527. The molecule has 1 saturated heterocycles. The summed E-state index contributed by atoms with van der Waals surface area (Å²) in [6.07, 6.45) is -0.527. The van der Waals surface area contributed by atoms with Crippen molar-refractivity contribution in [1.82, 2.24) is 4.90 Å². The van der Waals surface area contributed by atoms with Crippen molar-refractivity contribution in [2.45, 2.75) is 13.0 Å². The summed E-state index contributed by atoms with van der Waals surface area (Å²) in [4.78, 5) is 4.70. The molecule has 1 atom stereocenters. The first-order valence-corrected chi connectivity index (χ1v) is 9.09. The van der Waals surface area contributed by atoms with Crippen LogP contribution in [-0.2, 0) is 0 Å². The number of hydrogen-bond donors (Lipinski definition) is 1. The largest absolute Gasteiger partial charge is 0.489 e. The Kier molecular flexibility index (Phi) is 6.19. The number of para-hydroxylation sites is 2. The van der Waals surface area contributed by atoms with Gasteiger partial charge in [-0.25, -0.2) is 0 Å². The fourth-order valence-corrected chi connectivity index (χ4v) is 3.38. The van der Waals surface area contributed by atoms with E-state index in [9.17, 15) is 5.11 Å². The average molecular weight is 361 g/mol. The van der Waals surface area contributed by atoms with Crippen LogP contribution in [0.15, 0.2) is 48.5 Å². The van der Waals surface area contributed by atoms with Gasteiger partial charge < -0.3 is 14.7 Å². The summed E-state index contributed by atoms with van der Waals surface area (Å²) in [6, 6.07) is 15.8. The maximum Gasteiger partial charge on any atom is 0.138 e. The van der Waals surface area contributed by atoms with Crippen LogP contribution >= 0.6 is 11.6 Å². The summed E-state index contributed by atoms with van der Waals surface area (Å²) >= 11 is 6.06. The minimum absolute atomic E-state index is 0.252. The van der Waals surface area contributed by atoms with Crippen LogP contribution in [0, 0.1) is 6.92 Å². The van der Waals surface area contributed by atoms with E-state index >= 15 is 0 Å². The zero-order chi connectivity index (χ0) is 17.6. The molecule has 0 bridgehead atoms. The molecular formula is C20H25ClN2O2. The molecule has 4 nitrogen and oxygen atoms in total. The van der Waals surface area contributed by atoms with E-state index in [1.165, 1.54) is 11.3 Å². The van der Waals surface area contributed by atoms with Gasteiger partial charge in [0.25, 0.3) is 0 Å². The van der Waals surface area contributed by atoms with Crippen molar-refractivity contribution < 1.29 is 9.84 Å². The number of nitrogens with zero attached hydrogens (tertiary/aromatic N) is 2. The molecule has 0 amide bonds. The molecule has 1 fully saturated rings. The lowest BCUT2D eigenvalue weighted by molar-refractivity contribution is 0.0663. The van der Waals surface area contributed by atoms with Crippen LogP contribution < -0.4 is 9.64 Å². The summed E-state index contributed by atoms with van der Waals surface area (Å²) in [5, 5.41) is 10.8. The summed E-state index contributed by atoms with van der Waals surface area (Å²) in [6.45, 7) is 6.85. The second kappa shape index (κ2) is 8.56. The van der Waals surface area contributed by atoms with Crippen LogP contribution in [0.4, 0.5) is 5.69 Å². The number of hydrogen-bond acceptors (Lipinski definition) is 4. The molecule has 5 heteroatoms. The maximum atomic E-state index is 10.3. The van der Waals surface area contributed by atoms with Gasteiger partial charge in [-0.05, 0) is 30.7 Å². The van der Waals surface area contributed by atoms with Gasteiger partial charge in [0.15, 0.2) is 0 Å². The fourth-order valence-electron chi connectivity index (χ4n) is 3.19. The zero-order valence-corrected chi connectivity index (χ0v) is 15.3. The van der Waals surface area contributed by atoms with Gasteiger partial charge in [0, 0.05) is 38.4 Å². The summed E-state index contributed by atoms with van der Waals surface area (Å²) in [5.74, 6) is 0.618. The molecule has 0 aliphatic carbocycles. The highest BCUT2D eigenvalue weighted by Crippen LogP contribution is 2.23. The molecule has 3 rings (SSSR count). The van der Waals surface area contributed by atoms with Crippen molar-refractivity contribution >= 4 is 17.3 Å². The van der Waals surface area contributed by atoms with Gasteiger partial charge in [-0.2, -0.15) is 0 Å². The number of β-amino-alcohol motifs (C(OH)–C–C–N with tert-alkyl or cyclic N) is 1. The van der Waals surface area contributed by atoms with Crippen molar-refractivity contribution in [3.63, 3.8) is 0 Å². The second-order valence-electron chi connectivity index (χ2n) is 6.47. The van der Waals surface area contributed by atoms with E-state index in [1.54, 1.807) is 6.07 Å². The summed E-state index contributed by atoms with van der Waals surface area (Å²) in [7, 11) is 0. The van der Waals surface area contributed by atoms with Gasteiger partial charge in [0.05, 0.1) is 5.02 Å². The molecule has 1 unspecified atom stereocenters. The van der Waals surface area contributed by atoms with Crippen LogP contribution in [0.1, 0.15) is 5.56 Å². The first-order chi connectivity index (χ1) is 12.1. The first kappa shape index (κ1) is 18.1. The van der Waals surface area contributed by atoms with Crippen molar-refractivity contribution in [3.05, 3.63) is 59.1 Å². The lowest BCUT2D eigenvalue weighted by Crippen LogP contribution is -2.49. The van der Waals surface area contributed by atoms with Crippen LogP contribution in [0.2, 0.25) is 5.02 Å². The highest BCUT2D eigenvalue weighted by molar-refractivity contribution is 6.32. The van der Waals surface area contributed by atoms with Crippen molar-refractivity contribution in [1.29, 1.82) is 0 Å². The Morgan fingerprint density at radius 1 is 1.04 bits per heavy atom. The van der Waals surface area contributed by atoms with E-state index in [4.69, 9.17) is 16.3 Å². The van der Waals surface area contributed by atoms with Crippen LogP contribution in [0.3, 0.4) is 0 Å². The zero-order valence-electron chi connectivity index (χ0n) is 14.6. The molecule has 2 aromatic carbocycles. The number of benzene rings is 2. The number of piperazine rings is 1. The Bertz CT molecular complexity index is 687. The summed E-state index contributed by atoms with van der Waals surface area (Å²) < 4.78 is 5.63. The monoisotopic (exact) mass is 360 g/mol.